The van der Waals surface area contributed by atoms with E-state index in [-0.39, 0.29) is 11.9 Å². The molecule has 5 N–H and O–H groups in total. The van der Waals surface area contributed by atoms with Crippen molar-refractivity contribution in [1.82, 2.24) is 9.97 Å². The van der Waals surface area contributed by atoms with Crippen LogP contribution in [0.25, 0.3) is 26.9 Å². The molecule has 0 bridgehead atoms. The number of benzene rings is 2. The highest BCUT2D eigenvalue weighted by Crippen LogP contribution is 2.38. The molecule has 0 unspecified atom stereocenters. The Morgan fingerprint density at radius 1 is 1.26 bits per heavy atom. The first-order valence-electron chi connectivity index (χ1n) is 11.6. The van der Waals surface area contributed by atoms with Gasteiger partial charge in [0.15, 0.2) is 5.13 Å². The Morgan fingerprint density at radius 2 is 2.17 bits per heavy atom. The molecule has 4 aromatic rings. The van der Waals surface area contributed by atoms with Gasteiger partial charge in [0, 0.05) is 53.6 Å². The summed E-state index contributed by atoms with van der Waals surface area (Å²) in [4.78, 5) is 21.4. The number of amides is 1. The molecule has 0 saturated heterocycles. The van der Waals surface area contributed by atoms with Crippen LogP contribution in [0.3, 0.4) is 0 Å². The molecule has 2 aromatic heterocycles. The molecule has 0 spiro atoms. The van der Waals surface area contributed by atoms with Crippen LogP contribution >= 0.6 is 11.3 Å². The molecular formula is C27H25N5O2S. The van der Waals surface area contributed by atoms with Crippen molar-refractivity contribution < 1.29 is 9.53 Å². The van der Waals surface area contributed by atoms with Crippen LogP contribution < -0.4 is 16.4 Å². The zero-order chi connectivity index (χ0) is 23.8. The number of para-hydroxylation sites is 1. The highest BCUT2D eigenvalue weighted by molar-refractivity contribution is 7.18. The molecule has 0 radical (unpaired) electrons. The van der Waals surface area contributed by atoms with Crippen molar-refractivity contribution >= 4 is 44.5 Å². The Hall–Kier alpha value is -3.88. The van der Waals surface area contributed by atoms with Gasteiger partial charge in [-0.2, -0.15) is 0 Å². The highest BCUT2D eigenvalue weighted by atomic mass is 32.1. The predicted molar refractivity (Wildman–Crippen MR) is 141 cm³/mol. The number of carbonyl (C=O) groups excluding carboxylic acids is 1. The van der Waals surface area contributed by atoms with E-state index in [1.807, 2.05) is 54.9 Å². The summed E-state index contributed by atoms with van der Waals surface area (Å²) >= 11 is 1.57. The first-order valence-corrected chi connectivity index (χ1v) is 12.5. The van der Waals surface area contributed by atoms with Gasteiger partial charge in [0.25, 0.3) is 5.91 Å². The topological polar surface area (TPSA) is 105 Å². The molecule has 7 nitrogen and oxygen atoms in total. The molecule has 0 aliphatic carbocycles. The fourth-order valence-corrected chi connectivity index (χ4v) is 5.35. The number of hydrogen-bond acceptors (Lipinski definition) is 6. The summed E-state index contributed by atoms with van der Waals surface area (Å²) in [6, 6.07) is 14.2. The van der Waals surface area contributed by atoms with Crippen LogP contribution in [0.15, 0.2) is 72.8 Å². The summed E-state index contributed by atoms with van der Waals surface area (Å²) in [6.07, 6.45) is 9.37. The second-order valence-corrected chi connectivity index (χ2v) is 9.78. The monoisotopic (exact) mass is 483 g/mol. The van der Waals surface area contributed by atoms with Crippen LogP contribution in [0.1, 0.15) is 17.5 Å². The molecule has 176 valence electrons. The third-order valence-corrected chi connectivity index (χ3v) is 7.29. The number of hydrogen-bond donors (Lipinski definition) is 4. The molecule has 1 amide bonds. The lowest BCUT2D eigenvalue weighted by atomic mass is 10.0. The molecular weight excluding hydrogens is 458 g/mol. The molecule has 6 rings (SSSR count). The van der Waals surface area contributed by atoms with Gasteiger partial charge in [-0.05, 0) is 47.9 Å². The minimum atomic E-state index is -0.107. The summed E-state index contributed by atoms with van der Waals surface area (Å²) in [5.74, 6) is 0.644. The van der Waals surface area contributed by atoms with Gasteiger partial charge < -0.3 is 26.1 Å². The zero-order valence-electron chi connectivity index (χ0n) is 19.0. The van der Waals surface area contributed by atoms with Crippen LogP contribution in [0.2, 0.25) is 0 Å². The number of rotatable bonds is 7. The third-order valence-electron chi connectivity index (χ3n) is 6.28. The molecule has 35 heavy (non-hydrogen) atoms. The van der Waals surface area contributed by atoms with Gasteiger partial charge in [0.1, 0.15) is 5.76 Å². The Labute approximate surface area is 206 Å². The fourth-order valence-electron chi connectivity index (χ4n) is 4.53. The van der Waals surface area contributed by atoms with Gasteiger partial charge in [0.05, 0.1) is 17.1 Å². The molecule has 2 aliphatic rings. The number of allylic oxidation sites excluding steroid dienone is 1. The van der Waals surface area contributed by atoms with Crippen LogP contribution in [-0.2, 0) is 16.0 Å². The SMILES string of the molecule is N[C@H](CNc1ncc(-c2ccc3c(c2)/C(=C/C2=CCCO2)C(=O)N3)s1)Cc1c[nH]c2ccccc12. The molecule has 1 atom stereocenters. The maximum Gasteiger partial charge on any atom is 0.256 e. The molecule has 4 heterocycles. The molecule has 2 aliphatic heterocycles. The van der Waals surface area contributed by atoms with E-state index in [9.17, 15) is 4.79 Å². The van der Waals surface area contributed by atoms with E-state index < -0.39 is 0 Å². The average Bonchev–Trinajstić information content (AvgIpc) is 3.66. The maximum atomic E-state index is 12.5. The van der Waals surface area contributed by atoms with Crippen molar-refractivity contribution in [2.75, 3.05) is 23.8 Å². The van der Waals surface area contributed by atoms with Gasteiger partial charge in [-0.1, -0.05) is 35.6 Å². The van der Waals surface area contributed by atoms with E-state index in [0.29, 0.717) is 18.7 Å². The number of aromatic nitrogens is 2. The smallest absolute Gasteiger partial charge is 0.256 e. The van der Waals surface area contributed by atoms with E-state index in [1.54, 1.807) is 11.3 Å². The summed E-state index contributed by atoms with van der Waals surface area (Å²) < 4.78 is 5.57. The second-order valence-electron chi connectivity index (χ2n) is 8.75. The second kappa shape index (κ2) is 9.05. The summed E-state index contributed by atoms with van der Waals surface area (Å²) in [6.45, 7) is 1.28. The quantitative estimate of drug-likeness (QED) is 0.280. The van der Waals surface area contributed by atoms with E-state index in [1.165, 1.54) is 10.9 Å². The molecule has 0 fully saturated rings. The zero-order valence-corrected chi connectivity index (χ0v) is 19.8. The Morgan fingerprint density at radius 3 is 3.06 bits per heavy atom. The maximum absolute atomic E-state index is 12.5. The number of ether oxygens (including phenoxy) is 1. The predicted octanol–water partition coefficient (Wildman–Crippen LogP) is 4.91. The Balaban J connectivity index is 1.14. The van der Waals surface area contributed by atoms with Crippen LogP contribution in [0.4, 0.5) is 10.8 Å². The lowest BCUT2D eigenvalue weighted by Gasteiger charge is -2.11. The third kappa shape index (κ3) is 4.34. The van der Waals surface area contributed by atoms with Gasteiger partial charge in [-0.15, -0.1) is 0 Å². The molecule has 2 aromatic carbocycles. The summed E-state index contributed by atoms with van der Waals surface area (Å²) in [7, 11) is 0. The number of fused-ring (bicyclic) bond motifs is 2. The normalized spacial score (nSPS) is 16.8. The Bertz CT molecular complexity index is 1480. The van der Waals surface area contributed by atoms with E-state index in [0.717, 1.165) is 50.9 Å². The number of carbonyl (C=O) groups is 1. The number of thiazole rings is 1. The Kier molecular flexibility index (Phi) is 5.60. The van der Waals surface area contributed by atoms with Gasteiger partial charge >= 0.3 is 0 Å². The first-order chi connectivity index (χ1) is 17.1. The lowest BCUT2D eigenvalue weighted by molar-refractivity contribution is -0.110. The standard InChI is InChI=1S/C27H25N5O2S/c28-18(10-17-13-29-23-6-2-1-5-20(17)23)14-30-27-31-15-25(35-27)16-7-8-24-21(11-16)22(26(33)32-24)12-19-4-3-9-34-19/h1-2,4-8,11-13,15,18,29H,3,9-10,14,28H2,(H,30,31)(H,32,33)/b22-12-/t18-/m0/s1. The number of H-pyrrole nitrogens is 1. The van der Waals surface area contributed by atoms with E-state index in [4.69, 9.17) is 10.5 Å². The van der Waals surface area contributed by atoms with Crippen molar-refractivity contribution in [1.29, 1.82) is 0 Å². The lowest BCUT2D eigenvalue weighted by Crippen LogP contribution is -2.31. The van der Waals surface area contributed by atoms with Gasteiger partial charge in [0.2, 0.25) is 0 Å². The summed E-state index contributed by atoms with van der Waals surface area (Å²) in [5, 5.41) is 8.36. The van der Waals surface area contributed by atoms with Crippen LogP contribution in [0, 0.1) is 0 Å². The number of nitrogens with one attached hydrogen (secondary N) is 3. The van der Waals surface area contributed by atoms with E-state index >= 15 is 0 Å². The minimum Gasteiger partial charge on any atom is -0.494 e. The van der Waals surface area contributed by atoms with Crippen molar-refractivity contribution in [3.63, 3.8) is 0 Å². The van der Waals surface area contributed by atoms with Crippen molar-refractivity contribution in [3.8, 4) is 10.4 Å². The van der Waals surface area contributed by atoms with Crippen molar-refractivity contribution in [3.05, 3.63) is 83.9 Å². The molecule has 0 saturated carbocycles. The van der Waals surface area contributed by atoms with Gasteiger partial charge in [-0.25, -0.2) is 4.98 Å². The number of nitrogens with zero attached hydrogens (tertiary/aromatic N) is 1. The first kappa shape index (κ1) is 21.6. The fraction of sp³-hybridized carbons (Fsp3) is 0.185. The number of anilines is 2. The molecule has 8 heteroatoms. The minimum absolute atomic E-state index is 0.0431. The van der Waals surface area contributed by atoms with Crippen molar-refractivity contribution in [2.45, 2.75) is 18.9 Å². The number of nitrogens with two attached hydrogens (primary N) is 1. The largest absolute Gasteiger partial charge is 0.494 e. The average molecular weight is 484 g/mol. The van der Waals surface area contributed by atoms with E-state index in [2.05, 4.69) is 32.7 Å². The van der Waals surface area contributed by atoms with Crippen LogP contribution in [0.5, 0.6) is 0 Å². The highest BCUT2D eigenvalue weighted by Gasteiger charge is 2.25. The van der Waals surface area contributed by atoms with Crippen LogP contribution in [-0.4, -0.2) is 35.1 Å². The summed E-state index contributed by atoms with van der Waals surface area (Å²) in [5.41, 5.74) is 12.1. The van der Waals surface area contributed by atoms with Crippen molar-refractivity contribution in [2.24, 2.45) is 5.73 Å². The van der Waals surface area contributed by atoms with Gasteiger partial charge in [-0.3, -0.25) is 4.79 Å². The number of aromatic amines is 1.